The van der Waals surface area contributed by atoms with Gasteiger partial charge in [0.05, 0.1) is 11.9 Å². The van der Waals surface area contributed by atoms with Gasteiger partial charge in [-0.1, -0.05) is 11.6 Å². The van der Waals surface area contributed by atoms with Crippen molar-refractivity contribution in [1.82, 2.24) is 0 Å². The molecule has 0 aliphatic carbocycles. The standard InChI is InChI=1S/C21H24ClN3O4S/c1-14-11-16(22)6-8-19(14)25(30(3,28)29)13-20(26)23-17-7-9-18(15(2)12-17)24-10-4-5-21(24)27/h6-9,11-12H,4-5,10,13H2,1-3H3,(H,23,26). The number of rotatable bonds is 6. The predicted octanol–water partition coefficient (Wildman–Crippen LogP) is 3.49. The molecule has 1 saturated heterocycles. The van der Waals surface area contributed by atoms with E-state index in [0.717, 1.165) is 28.2 Å². The molecule has 0 saturated carbocycles. The molecule has 1 fully saturated rings. The number of nitrogens with one attached hydrogen (secondary N) is 1. The average molecular weight is 450 g/mol. The molecule has 160 valence electrons. The Morgan fingerprint density at radius 1 is 1.17 bits per heavy atom. The molecule has 1 aliphatic rings. The van der Waals surface area contributed by atoms with Gasteiger partial charge in [-0.3, -0.25) is 13.9 Å². The molecule has 1 N–H and O–H groups in total. The zero-order chi connectivity index (χ0) is 22.1. The van der Waals surface area contributed by atoms with Gasteiger partial charge >= 0.3 is 0 Å². The Morgan fingerprint density at radius 3 is 2.47 bits per heavy atom. The number of anilines is 3. The van der Waals surface area contributed by atoms with Crippen molar-refractivity contribution in [3.63, 3.8) is 0 Å². The van der Waals surface area contributed by atoms with Crippen LogP contribution < -0.4 is 14.5 Å². The molecule has 0 radical (unpaired) electrons. The summed E-state index contributed by atoms with van der Waals surface area (Å²) < 4.78 is 25.7. The molecule has 0 spiro atoms. The van der Waals surface area contributed by atoms with E-state index in [1.807, 2.05) is 6.92 Å². The van der Waals surface area contributed by atoms with Crippen molar-refractivity contribution in [2.75, 3.05) is 33.9 Å². The van der Waals surface area contributed by atoms with Crippen LogP contribution in [-0.4, -0.2) is 39.6 Å². The summed E-state index contributed by atoms with van der Waals surface area (Å²) >= 11 is 5.96. The van der Waals surface area contributed by atoms with Crippen molar-refractivity contribution in [3.05, 3.63) is 52.5 Å². The van der Waals surface area contributed by atoms with Crippen molar-refractivity contribution in [3.8, 4) is 0 Å². The Hall–Kier alpha value is -2.58. The SMILES string of the molecule is Cc1cc(NC(=O)CN(c2ccc(Cl)cc2C)S(C)(=O)=O)ccc1N1CCCC1=O. The fourth-order valence-electron chi connectivity index (χ4n) is 3.55. The average Bonchev–Trinajstić information content (AvgIpc) is 3.05. The lowest BCUT2D eigenvalue weighted by atomic mass is 10.1. The van der Waals surface area contributed by atoms with E-state index in [1.54, 1.807) is 48.2 Å². The van der Waals surface area contributed by atoms with Crippen LogP contribution in [-0.2, 0) is 19.6 Å². The number of carbonyl (C=O) groups excluding carboxylic acids is 2. The van der Waals surface area contributed by atoms with Crippen LogP contribution >= 0.6 is 11.6 Å². The summed E-state index contributed by atoms with van der Waals surface area (Å²) in [5.41, 5.74) is 3.27. The van der Waals surface area contributed by atoms with Gasteiger partial charge in [-0.05, 0) is 67.8 Å². The number of hydrogen-bond donors (Lipinski definition) is 1. The first-order valence-electron chi connectivity index (χ1n) is 9.51. The van der Waals surface area contributed by atoms with Gasteiger partial charge in [0, 0.05) is 29.4 Å². The lowest BCUT2D eigenvalue weighted by molar-refractivity contribution is -0.117. The summed E-state index contributed by atoms with van der Waals surface area (Å²) in [6.45, 7) is 3.93. The molecule has 30 heavy (non-hydrogen) atoms. The third kappa shape index (κ3) is 4.94. The molecule has 0 aromatic heterocycles. The Morgan fingerprint density at radius 2 is 1.90 bits per heavy atom. The van der Waals surface area contributed by atoms with E-state index in [0.29, 0.717) is 34.9 Å². The number of amides is 2. The van der Waals surface area contributed by atoms with E-state index in [1.165, 1.54) is 0 Å². The molecule has 9 heteroatoms. The maximum absolute atomic E-state index is 12.6. The quantitative estimate of drug-likeness (QED) is 0.731. The normalized spacial score (nSPS) is 14.1. The second kappa shape index (κ2) is 8.65. The first-order valence-corrected chi connectivity index (χ1v) is 11.7. The predicted molar refractivity (Wildman–Crippen MR) is 120 cm³/mol. The van der Waals surface area contributed by atoms with E-state index in [9.17, 15) is 18.0 Å². The number of halogens is 1. The second-order valence-corrected chi connectivity index (χ2v) is 9.74. The number of hydrogen-bond acceptors (Lipinski definition) is 4. The fourth-order valence-corrected chi connectivity index (χ4v) is 4.69. The largest absolute Gasteiger partial charge is 0.325 e. The van der Waals surface area contributed by atoms with Crippen LogP contribution in [0.5, 0.6) is 0 Å². The summed E-state index contributed by atoms with van der Waals surface area (Å²) in [6, 6.07) is 10.1. The molecule has 0 bridgehead atoms. The van der Waals surface area contributed by atoms with Gasteiger partial charge in [0.2, 0.25) is 21.8 Å². The third-order valence-corrected chi connectivity index (χ3v) is 6.32. The van der Waals surface area contributed by atoms with E-state index < -0.39 is 15.9 Å². The minimum Gasteiger partial charge on any atom is -0.325 e. The second-order valence-electron chi connectivity index (χ2n) is 7.40. The number of carbonyl (C=O) groups is 2. The van der Waals surface area contributed by atoms with Crippen molar-refractivity contribution < 1.29 is 18.0 Å². The highest BCUT2D eigenvalue weighted by Crippen LogP contribution is 2.28. The van der Waals surface area contributed by atoms with E-state index in [2.05, 4.69) is 5.32 Å². The van der Waals surface area contributed by atoms with E-state index in [-0.39, 0.29) is 12.5 Å². The molecule has 1 aliphatic heterocycles. The highest BCUT2D eigenvalue weighted by atomic mass is 35.5. The van der Waals surface area contributed by atoms with Crippen molar-refractivity contribution >= 4 is 50.5 Å². The first-order chi connectivity index (χ1) is 14.1. The molecule has 3 rings (SSSR count). The highest BCUT2D eigenvalue weighted by Gasteiger charge is 2.24. The van der Waals surface area contributed by atoms with Crippen LogP contribution in [0.2, 0.25) is 5.02 Å². The topological polar surface area (TPSA) is 86.8 Å². The molecule has 7 nitrogen and oxygen atoms in total. The molecular weight excluding hydrogens is 426 g/mol. The van der Waals surface area contributed by atoms with Crippen LogP contribution in [0.3, 0.4) is 0 Å². The molecule has 2 amide bonds. The summed E-state index contributed by atoms with van der Waals surface area (Å²) in [7, 11) is -3.69. The molecule has 2 aromatic carbocycles. The van der Waals surface area contributed by atoms with Crippen LogP contribution in [0, 0.1) is 13.8 Å². The number of sulfonamides is 1. The van der Waals surface area contributed by atoms with Crippen LogP contribution in [0.4, 0.5) is 17.1 Å². The van der Waals surface area contributed by atoms with E-state index >= 15 is 0 Å². The number of benzene rings is 2. The Bertz CT molecular complexity index is 1100. The first kappa shape index (κ1) is 22.1. The Balaban J connectivity index is 1.77. The van der Waals surface area contributed by atoms with Gasteiger partial charge in [0.1, 0.15) is 6.54 Å². The molecular formula is C21H24ClN3O4S. The fraction of sp³-hybridized carbons (Fsp3) is 0.333. The van der Waals surface area contributed by atoms with Gasteiger partial charge in [-0.25, -0.2) is 8.42 Å². The van der Waals surface area contributed by atoms with Gasteiger partial charge < -0.3 is 10.2 Å². The zero-order valence-corrected chi connectivity index (χ0v) is 18.7. The van der Waals surface area contributed by atoms with E-state index in [4.69, 9.17) is 11.6 Å². The van der Waals surface area contributed by atoms with Gasteiger partial charge in [0.25, 0.3) is 0 Å². The number of aryl methyl sites for hydroxylation is 2. The van der Waals surface area contributed by atoms with Crippen LogP contribution in [0.15, 0.2) is 36.4 Å². The molecule has 0 atom stereocenters. The molecule has 0 unspecified atom stereocenters. The minimum atomic E-state index is -3.69. The smallest absolute Gasteiger partial charge is 0.245 e. The Labute approximate surface area is 181 Å². The minimum absolute atomic E-state index is 0.0945. The van der Waals surface area contributed by atoms with Gasteiger partial charge in [-0.15, -0.1) is 0 Å². The zero-order valence-electron chi connectivity index (χ0n) is 17.1. The lowest BCUT2D eigenvalue weighted by Crippen LogP contribution is -2.37. The number of nitrogens with zero attached hydrogens (tertiary/aromatic N) is 2. The van der Waals surface area contributed by atoms with Crippen molar-refractivity contribution in [1.29, 1.82) is 0 Å². The maximum atomic E-state index is 12.6. The summed E-state index contributed by atoms with van der Waals surface area (Å²) in [5.74, 6) is -0.379. The Kier molecular flexibility index (Phi) is 6.38. The van der Waals surface area contributed by atoms with Crippen LogP contribution in [0.1, 0.15) is 24.0 Å². The lowest BCUT2D eigenvalue weighted by Gasteiger charge is -2.24. The summed E-state index contributed by atoms with van der Waals surface area (Å²) in [6.07, 6.45) is 2.44. The summed E-state index contributed by atoms with van der Waals surface area (Å²) in [5, 5.41) is 3.23. The van der Waals surface area contributed by atoms with Crippen LogP contribution in [0.25, 0.3) is 0 Å². The summed E-state index contributed by atoms with van der Waals surface area (Å²) in [4.78, 5) is 26.3. The molecule has 1 heterocycles. The third-order valence-electron chi connectivity index (χ3n) is 4.96. The molecule has 2 aromatic rings. The van der Waals surface area contributed by atoms with Gasteiger partial charge in [-0.2, -0.15) is 0 Å². The highest BCUT2D eigenvalue weighted by molar-refractivity contribution is 7.92. The van der Waals surface area contributed by atoms with Crippen molar-refractivity contribution in [2.24, 2.45) is 0 Å². The van der Waals surface area contributed by atoms with Crippen molar-refractivity contribution in [2.45, 2.75) is 26.7 Å². The van der Waals surface area contributed by atoms with Gasteiger partial charge in [0.15, 0.2) is 0 Å². The maximum Gasteiger partial charge on any atom is 0.245 e. The monoisotopic (exact) mass is 449 g/mol.